The maximum atomic E-state index is 12.7. The van der Waals surface area contributed by atoms with E-state index in [2.05, 4.69) is 43.1 Å². The third kappa shape index (κ3) is 4.60. The fraction of sp³-hybridized carbons (Fsp3) is 0.250. The lowest BCUT2D eigenvalue weighted by atomic mass is 9.99. The van der Waals surface area contributed by atoms with Gasteiger partial charge < -0.3 is 10.0 Å². The first-order chi connectivity index (χ1) is 14.5. The third-order valence-corrected chi connectivity index (χ3v) is 6.17. The fourth-order valence-corrected chi connectivity index (χ4v) is 4.61. The van der Waals surface area contributed by atoms with Crippen LogP contribution in [0.15, 0.2) is 66.1 Å². The SMILES string of the molecule is Cc1cc(C)cc(-n2ccnc2SCC(=O)N2CC=C(c3ccc(O)cc3)CC2)c1. The van der Waals surface area contributed by atoms with Gasteiger partial charge in [-0.15, -0.1) is 0 Å². The predicted octanol–water partition coefficient (Wildman–Crippen LogP) is 4.60. The lowest BCUT2D eigenvalue weighted by molar-refractivity contribution is -0.127. The van der Waals surface area contributed by atoms with Crippen molar-refractivity contribution in [1.29, 1.82) is 0 Å². The molecule has 0 atom stereocenters. The Morgan fingerprint density at radius 1 is 1.13 bits per heavy atom. The molecule has 0 radical (unpaired) electrons. The van der Waals surface area contributed by atoms with Gasteiger partial charge in [-0.2, -0.15) is 0 Å². The first kappa shape index (κ1) is 20.3. The Hall–Kier alpha value is -2.99. The van der Waals surface area contributed by atoms with E-state index in [1.807, 2.05) is 27.8 Å². The lowest BCUT2D eigenvalue weighted by Gasteiger charge is -2.26. The topological polar surface area (TPSA) is 58.4 Å². The number of rotatable bonds is 5. The van der Waals surface area contributed by atoms with E-state index in [1.165, 1.54) is 28.5 Å². The zero-order valence-corrected chi connectivity index (χ0v) is 18.0. The number of amides is 1. The number of carbonyl (C=O) groups is 1. The molecule has 4 rings (SSSR count). The summed E-state index contributed by atoms with van der Waals surface area (Å²) in [5.74, 6) is 0.753. The Morgan fingerprint density at radius 2 is 1.87 bits per heavy atom. The van der Waals surface area contributed by atoms with Gasteiger partial charge in [0, 0.05) is 31.2 Å². The first-order valence-electron chi connectivity index (χ1n) is 10.0. The standard InChI is InChI=1S/C24H25N3O2S/c1-17-13-18(2)15-21(14-17)27-12-9-25-24(27)30-16-23(29)26-10-7-20(8-11-26)19-3-5-22(28)6-4-19/h3-7,9,12-15,28H,8,10-11,16H2,1-2H3. The van der Waals surface area contributed by atoms with Crippen LogP contribution >= 0.6 is 11.8 Å². The van der Waals surface area contributed by atoms with Gasteiger partial charge in [0.2, 0.25) is 5.91 Å². The van der Waals surface area contributed by atoms with E-state index >= 15 is 0 Å². The maximum absolute atomic E-state index is 12.7. The van der Waals surface area contributed by atoms with E-state index in [4.69, 9.17) is 0 Å². The quantitative estimate of drug-likeness (QED) is 0.614. The Balaban J connectivity index is 1.38. The Morgan fingerprint density at radius 3 is 2.53 bits per heavy atom. The van der Waals surface area contributed by atoms with Crippen molar-refractivity contribution in [1.82, 2.24) is 14.5 Å². The molecule has 1 aromatic heterocycles. The van der Waals surface area contributed by atoms with Gasteiger partial charge in [0.1, 0.15) is 5.75 Å². The summed E-state index contributed by atoms with van der Waals surface area (Å²) in [6.45, 7) is 5.48. The summed E-state index contributed by atoms with van der Waals surface area (Å²) < 4.78 is 2.04. The molecular formula is C24H25N3O2S. The largest absolute Gasteiger partial charge is 0.508 e. The number of thioether (sulfide) groups is 1. The second-order valence-corrected chi connectivity index (χ2v) is 8.52. The average molecular weight is 420 g/mol. The summed E-state index contributed by atoms with van der Waals surface area (Å²) in [5.41, 5.74) is 5.80. The average Bonchev–Trinajstić information content (AvgIpc) is 3.21. The van der Waals surface area contributed by atoms with Crippen molar-refractivity contribution < 1.29 is 9.90 Å². The summed E-state index contributed by atoms with van der Waals surface area (Å²) in [7, 11) is 0. The summed E-state index contributed by atoms with van der Waals surface area (Å²) in [6, 6.07) is 13.6. The monoisotopic (exact) mass is 419 g/mol. The molecule has 2 aromatic carbocycles. The second-order valence-electron chi connectivity index (χ2n) is 7.58. The maximum Gasteiger partial charge on any atom is 0.233 e. The molecule has 6 heteroatoms. The number of aryl methyl sites for hydroxylation is 2. The number of hydrogen-bond acceptors (Lipinski definition) is 4. The van der Waals surface area contributed by atoms with Gasteiger partial charge in [-0.1, -0.05) is 36.0 Å². The number of imidazole rings is 1. The zero-order chi connectivity index (χ0) is 21.1. The molecule has 1 N–H and O–H groups in total. The molecule has 5 nitrogen and oxygen atoms in total. The molecule has 0 saturated carbocycles. The van der Waals surface area contributed by atoms with Crippen molar-refractivity contribution in [2.45, 2.75) is 25.4 Å². The van der Waals surface area contributed by atoms with Gasteiger partial charge in [0.25, 0.3) is 0 Å². The van der Waals surface area contributed by atoms with Crippen LogP contribution in [-0.2, 0) is 4.79 Å². The summed E-state index contributed by atoms with van der Waals surface area (Å²) >= 11 is 1.47. The van der Waals surface area contributed by atoms with Gasteiger partial charge >= 0.3 is 0 Å². The van der Waals surface area contributed by atoms with Crippen LogP contribution in [0.1, 0.15) is 23.1 Å². The minimum atomic E-state index is 0.121. The third-order valence-electron chi connectivity index (χ3n) is 5.22. The van der Waals surface area contributed by atoms with Crippen LogP contribution in [0, 0.1) is 13.8 Å². The highest BCUT2D eigenvalue weighted by molar-refractivity contribution is 7.99. The van der Waals surface area contributed by atoms with Crippen molar-refractivity contribution >= 4 is 23.2 Å². The van der Waals surface area contributed by atoms with Gasteiger partial charge in [-0.25, -0.2) is 4.98 Å². The highest BCUT2D eigenvalue weighted by Crippen LogP contribution is 2.26. The lowest BCUT2D eigenvalue weighted by Crippen LogP contribution is -2.35. The second kappa shape index (κ2) is 8.79. The van der Waals surface area contributed by atoms with E-state index in [0.29, 0.717) is 18.8 Å². The molecule has 154 valence electrons. The highest BCUT2D eigenvalue weighted by atomic mass is 32.2. The summed E-state index contributed by atoms with van der Waals surface area (Å²) in [4.78, 5) is 19.1. The number of nitrogens with zero attached hydrogens (tertiary/aromatic N) is 3. The molecule has 1 aliphatic rings. The molecule has 0 fully saturated rings. The number of carbonyl (C=O) groups excluding carboxylic acids is 1. The Bertz CT molecular complexity index is 1070. The number of phenols is 1. The van der Waals surface area contributed by atoms with Crippen molar-refractivity contribution in [2.24, 2.45) is 0 Å². The van der Waals surface area contributed by atoms with E-state index in [-0.39, 0.29) is 11.7 Å². The molecule has 0 spiro atoms. The number of hydrogen-bond donors (Lipinski definition) is 1. The van der Waals surface area contributed by atoms with Crippen molar-refractivity contribution in [3.8, 4) is 11.4 Å². The minimum absolute atomic E-state index is 0.121. The van der Waals surface area contributed by atoms with Gasteiger partial charge in [-0.05, 0) is 66.8 Å². The Kier molecular flexibility index (Phi) is 5.95. The van der Waals surface area contributed by atoms with Crippen LogP contribution in [-0.4, -0.2) is 44.3 Å². The smallest absolute Gasteiger partial charge is 0.233 e. The van der Waals surface area contributed by atoms with Crippen LogP contribution < -0.4 is 0 Å². The number of aromatic hydroxyl groups is 1. The number of aromatic nitrogens is 2. The predicted molar refractivity (Wildman–Crippen MR) is 121 cm³/mol. The highest BCUT2D eigenvalue weighted by Gasteiger charge is 2.19. The number of phenolic OH excluding ortho intramolecular Hbond substituents is 1. The van der Waals surface area contributed by atoms with Crippen molar-refractivity contribution in [3.05, 3.63) is 77.6 Å². The minimum Gasteiger partial charge on any atom is -0.508 e. The first-order valence-corrected chi connectivity index (χ1v) is 11.0. The summed E-state index contributed by atoms with van der Waals surface area (Å²) in [6.07, 6.45) is 6.64. The van der Waals surface area contributed by atoms with Crippen LogP contribution in [0.5, 0.6) is 5.75 Å². The molecular weight excluding hydrogens is 394 g/mol. The molecule has 2 heterocycles. The molecule has 0 aliphatic carbocycles. The van der Waals surface area contributed by atoms with Gasteiger partial charge in [0.15, 0.2) is 5.16 Å². The van der Waals surface area contributed by atoms with E-state index < -0.39 is 0 Å². The zero-order valence-electron chi connectivity index (χ0n) is 17.2. The van der Waals surface area contributed by atoms with E-state index in [9.17, 15) is 9.90 Å². The Labute approximate surface area is 181 Å². The molecule has 30 heavy (non-hydrogen) atoms. The van der Waals surface area contributed by atoms with E-state index in [1.54, 1.807) is 18.3 Å². The fourth-order valence-electron chi connectivity index (χ4n) is 3.73. The molecule has 1 amide bonds. The normalized spacial score (nSPS) is 13.9. The molecule has 1 aliphatic heterocycles. The van der Waals surface area contributed by atoms with Crippen LogP contribution in [0.2, 0.25) is 0 Å². The molecule has 0 unspecified atom stereocenters. The van der Waals surface area contributed by atoms with Crippen LogP contribution in [0.4, 0.5) is 0 Å². The van der Waals surface area contributed by atoms with Crippen molar-refractivity contribution in [3.63, 3.8) is 0 Å². The molecule has 0 saturated heterocycles. The molecule has 0 bridgehead atoms. The number of benzene rings is 2. The van der Waals surface area contributed by atoms with Crippen LogP contribution in [0.25, 0.3) is 11.3 Å². The molecule has 3 aromatic rings. The van der Waals surface area contributed by atoms with Gasteiger partial charge in [-0.3, -0.25) is 9.36 Å². The van der Waals surface area contributed by atoms with E-state index in [0.717, 1.165) is 22.8 Å². The van der Waals surface area contributed by atoms with Crippen molar-refractivity contribution in [2.75, 3.05) is 18.8 Å². The van der Waals surface area contributed by atoms with Crippen LogP contribution in [0.3, 0.4) is 0 Å². The van der Waals surface area contributed by atoms with Gasteiger partial charge in [0.05, 0.1) is 5.75 Å². The summed E-state index contributed by atoms with van der Waals surface area (Å²) in [5, 5.41) is 10.3.